The number of benzene rings is 1. The Hall–Kier alpha value is -3.49. The summed E-state index contributed by atoms with van der Waals surface area (Å²) in [6, 6.07) is 8.10. The minimum Gasteiger partial charge on any atom is -0.444 e. The van der Waals surface area contributed by atoms with E-state index in [4.69, 9.17) is 9.47 Å². The Morgan fingerprint density at radius 1 is 1.16 bits per heavy atom. The van der Waals surface area contributed by atoms with Crippen LogP contribution in [0.3, 0.4) is 0 Å². The monoisotopic (exact) mass is 524 g/mol. The Bertz CT molecular complexity index is 1230. The molecule has 0 fully saturated rings. The molecular weight excluding hydrogens is 484 g/mol. The predicted molar refractivity (Wildman–Crippen MR) is 145 cm³/mol. The van der Waals surface area contributed by atoms with Crippen molar-refractivity contribution in [2.45, 2.75) is 65.6 Å². The summed E-state index contributed by atoms with van der Waals surface area (Å²) in [7, 11) is 2.04. The number of nitrogens with zero attached hydrogens (tertiary/aromatic N) is 3. The second-order valence-corrected chi connectivity index (χ2v) is 11.2. The maximum Gasteiger partial charge on any atom is 0.407 e. The zero-order valence-electron chi connectivity index (χ0n) is 23.3. The van der Waals surface area contributed by atoms with E-state index in [2.05, 4.69) is 20.9 Å². The summed E-state index contributed by atoms with van der Waals surface area (Å²) < 4.78 is 13.0. The summed E-state index contributed by atoms with van der Waals surface area (Å²) in [5.41, 5.74) is 2.49. The summed E-state index contributed by atoms with van der Waals surface area (Å²) in [5, 5.41) is 3.69. The molecule has 4 rings (SSSR count). The topological polar surface area (TPSA) is 93.1 Å². The molecule has 206 valence electrons. The van der Waals surface area contributed by atoms with Crippen molar-refractivity contribution in [2.75, 3.05) is 19.8 Å². The summed E-state index contributed by atoms with van der Waals surface area (Å²) in [6.07, 6.45) is 5.48. The number of fused-ring (bicyclic) bond motifs is 3. The number of carbonyl (C=O) groups excluding carboxylic acids is 3. The number of amides is 1. The lowest BCUT2D eigenvalue weighted by Gasteiger charge is -2.33. The molecule has 1 aliphatic carbocycles. The fourth-order valence-corrected chi connectivity index (χ4v) is 5.23. The van der Waals surface area contributed by atoms with E-state index in [-0.39, 0.29) is 37.1 Å². The van der Waals surface area contributed by atoms with Gasteiger partial charge < -0.3 is 29.2 Å². The lowest BCUT2D eigenvalue weighted by molar-refractivity contribution is -0.153. The van der Waals surface area contributed by atoms with E-state index in [1.54, 1.807) is 20.8 Å². The van der Waals surface area contributed by atoms with Crippen LogP contribution in [0.2, 0.25) is 0 Å². The number of ether oxygens (including phenoxy) is 2. The number of alkyl carbamates (subject to hydrolysis) is 1. The molecule has 0 radical (unpaired) electrons. The van der Waals surface area contributed by atoms with Crippen LogP contribution < -0.4 is 5.32 Å². The van der Waals surface area contributed by atoms with Crippen LogP contribution in [-0.4, -0.2) is 63.8 Å². The SMILES string of the molecule is CCC(CNC(=O)OC(C)(C)C)C(=O)OCN1C=CN(CC2CCc3c(c4ccccc4n3C)C2=O)C1C. The highest BCUT2D eigenvalue weighted by Gasteiger charge is 2.35. The molecule has 9 heteroatoms. The van der Waals surface area contributed by atoms with E-state index in [0.717, 1.165) is 35.0 Å². The number of nitrogens with one attached hydrogen (secondary N) is 1. The molecule has 0 bridgehead atoms. The van der Waals surface area contributed by atoms with Gasteiger partial charge in [0.05, 0.1) is 5.92 Å². The first-order chi connectivity index (χ1) is 18.0. The fraction of sp³-hybridized carbons (Fsp3) is 0.552. The third kappa shape index (κ3) is 5.81. The van der Waals surface area contributed by atoms with Crippen molar-refractivity contribution < 1.29 is 23.9 Å². The van der Waals surface area contributed by atoms with Crippen molar-refractivity contribution in [3.05, 3.63) is 47.9 Å². The van der Waals surface area contributed by atoms with Crippen LogP contribution in [0.15, 0.2) is 36.7 Å². The van der Waals surface area contributed by atoms with E-state index in [0.29, 0.717) is 13.0 Å². The van der Waals surface area contributed by atoms with Gasteiger partial charge in [0.2, 0.25) is 0 Å². The molecule has 1 aliphatic heterocycles. The summed E-state index contributed by atoms with van der Waals surface area (Å²) >= 11 is 0. The van der Waals surface area contributed by atoms with E-state index in [1.807, 2.05) is 56.4 Å². The molecule has 3 atom stereocenters. The Balaban J connectivity index is 1.29. The molecule has 1 amide bonds. The lowest BCUT2D eigenvalue weighted by atomic mass is 9.84. The van der Waals surface area contributed by atoms with E-state index in [1.165, 1.54) is 0 Å². The number of ketones is 1. The van der Waals surface area contributed by atoms with Gasteiger partial charge in [0.25, 0.3) is 0 Å². The van der Waals surface area contributed by atoms with Gasteiger partial charge in [-0.15, -0.1) is 0 Å². The number of esters is 1. The molecule has 38 heavy (non-hydrogen) atoms. The van der Waals surface area contributed by atoms with Crippen LogP contribution in [-0.2, 0) is 27.7 Å². The van der Waals surface area contributed by atoms with Crippen LogP contribution >= 0.6 is 0 Å². The number of para-hydroxylation sites is 1. The molecule has 2 aromatic rings. The van der Waals surface area contributed by atoms with Crippen LogP contribution in [0.1, 0.15) is 63.5 Å². The zero-order chi connectivity index (χ0) is 27.6. The average Bonchev–Trinajstić information content (AvgIpc) is 3.36. The highest BCUT2D eigenvalue weighted by molar-refractivity contribution is 6.11. The van der Waals surface area contributed by atoms with Gasteiger partial charge in [0.15, 0.2) is 12.5 Å². The van der Waals surface area contributed by atoms with E-state index >= 15 is 0 Å². The normalized spacial score (nSPS) is 20.0. The smallest absolute Gasteiger partial charge is 0.407 e. The Labute approximate surface area is 224 Å². The molecule has 2 aliphatic rings. The molecule has 0 saturated carbocycles. The van der Waals surface area contributed by atoms with Crippen molar-refractivity contribution in [3.63, 3.8) is 0 Å². The lowest BCUT2D eigenvalue weighted by Crippen LogP contribution is -2.42. The predicted octanol–water partition coefficient (Wildman–Crippen LogP) is 4.41. The van der Waals surface area contributed by atoms with Crippen molar-refractivity contribution in [1.29, 1.82) is 0 Å². The second kappa shape index (κ2) is 11.1. The van der Waals surface area contributed by atoms with Crippen LogP contribution in [0.25, 0.3) is 10.9 Å². The van der Waals surface area contributed by atoms with Gasteiger partial charge in [-0.2, -0.15) is 0 Å². The summed E-state index contributed by atoms with van der Waals surface area (Å²) in [5.74, 6) is -0.716. The second-order valence-electron chi connectivity index (χ2n) is 11.2. The van der Waals surface area contributed by atoms with Gasteiger partial charge in [-0.25, -0.2) is 4.79 Å². The molecule has 0 spiro atoms. The molecule has 1 aromatic carbocycles. The first-order valence-corrected chi connectivity index (χ1v) is 13.4. The third-order valence-electron chi connectivity index (χ3n) is 7.49. The Kier molecular flexibility index (Phi) is 8.04. The number of hydrogen-bond donors (Lipinski definition) is 1. The van der Waals surface area contributed by atoms with E-state index in [9.17, 15) is 14.4 Å². The first kappa shape index (κ1) is 27.5. The number of carbonyl (C=O) groups is 3. The van der Waals surface area contributed by atoms with Gasteiger partial charge >= 0.3 is 12.1 Å². The molecule has 1 aromatic heterocycles. The summed E-state index contributed by atoms with van der Waals surface area (Å²) in [4.78, 5) is 42.2. The molecule has 1 N–H and O–H groups in total. The molecule has 3 unspecified atom stereocenters. The highest BCUT2D eigenvalue weighted by Crippen LogP contribution is 2.34. The fourth-order valence-electron chi connectivity index (χ4n) is 5.23. The third-order valence-corrected chi connectivity index (χ3v) is 7.49. The van der Waals surface area contributed by atoms with Crippen molar-refractivity contribution in [2.24, 2.45) is 18.9 Å². The number of hydrogen-bond acceptors (Lipinski definition) is 7. The van der Waals surface area contributed by atoms with Gasteiger partial charge in [-0.1, -0.05) is 25.1 Å². The van der Waals surface area contributed by atoms with Crippen molar-refractivity contribution in [1.82, 2.24) is 19.7 Å². The average molecular weight is 525 g/mol. The van der Waals surface area contributed by atoms with Crippen molar-refractivity contribution >= 4 is 28.7 Å². The summed E-state index contributed by atoms with van der Waals surface area (Å²) in [6.45, 7) is 10.1. The number of Topliss-reactive ketones (excluding diaryl/α,β-unsaturated/α-hetero) is 1. The Morgan fingerprint density at radius 2 is 1.87 bits per heavy atom. The minimum absolute atomic E-state index is 0.0514. The van der Waals surface area contributed by atoms with E-state index < -0.39 is 17.6 Å². The number of aromatic nitrogens is 1. The minimum atomic E-state index is -0.601. The molecule has 2 heterocycles. The maximum atomic E-state index is 13.5. The standard InChI is InChI=1S/C29H40N4O5/c1-7-20(16-30-28(36)38-29(3,4)5)27(35)37-18-33-15-14-32(19(33)2)17-21-12-13-24-25(26(21)34)22-10-8-9-11-23(22)31(24)6/h8-11,14-15,19-21H,7,12-13,16-18H2,1-6H3,(H,30,36). The van der Waals surface area contributed by atoms with Gasteiger partial charge in [-0.3, -0.25) is 9.59 Å². The highest BCUT2D eigenvalue weighted by atomic mass is 16.6. The van der Waals surface area contributed by atoms with Gasteiger partial charge in [0, 0.05) is 60.6 Å². The maximum absolute atomic E-state index is 13.5. The number of aryl methyl sites for hydroxylation is 1. The largest absolute Gasteiger partial charge is 0.444 e. The quantitative estimate of drug-likeness (QED) is 0.512. The van der Waals surface area contributed by atoms with Crippen LogP contribution in [0, 0.1) is 11.8 Å². The van der Waals surface area contributed by atoms with Gasteiger partial charge in [-0.05, 0) is 53.0 Å². The van der Waals surface area contributed by atoms with Crippen LogP contribution in [0.5, 0.6) is 0 Å². The molecule has 9 nitrogen and oxygen atoms in total. The molecular formula is C29H40N4O5. The van der Waals surface area contributed by atoms with Crippen LogP contribution in [0.4, 0.5) is 4.79 Å². The van der Waals surface area contributed by atoms with Crippen molar-refractivity contribution in [3.8, 4) is 0 Å². The molecule has 0 saturated heterocycles. The van der Waals surface area contributed by atoms with Gasteiger partial charge in [0.1, 0.15) is 11.8 Å². The zero-order valence-corrected chi connectivity index (χ0v) is 23.3. The Morgan fingerprint density at radius 3 is 2.58 bits per heavy atom. The number of rotatable bonds is 8. The first-order valence-electron chi connectivity index (χ1n) is 13.4.